The monoisotopic (exact) mass is 778 g/mol. The maximum absolute atomic E-state index is 5.45. The van der Waals surface area contributed by atoms with E-state index in [1.165, 1.54) is 77.4 Å². The van der Waals surface area contributed by atoms with Crippen molar-refractivity contribution in [2.24, 2.45) is 0 Å². The summed E-state index contributed by atoms with van der Waals surface area (Å²) in [5.41, 5.74) is 18.9. The van der Waals surface area contributed by atoms with E-state index in [0.29, 0.717) is 5.82 Å². The van der Waals surface area contributed by atoms with E-state index >= 15 is 0 Å². The molecule has 61 heavy (non-hydrogen) atoms. The molecule has 0 radical (unpaired) electrons. The predicted molar refractivity (Wildman–Crippen MR) is 254 cm³/mol. The second-order valence-corrected chi connectivity index (χ2v) is 17.4. The summed E-state index contributed by atoms with van der Waals surface area (Å²) in [6, 6.07) is 73.1. The molecular weight excluding hydrogens is 737 g/mol. The smallest absolute Gasteiger partial charge is 0.161 e. The average molecular weight is 779 g/mol. The van der Waals surface area contributed by atoms with Gasteiger partial charge in [0.1, 0.15) is 0 Å². The van der Waals surface area contributed by atoms with Gasteiger partial charge >= 0.3 is 0 Å². The van der Waals surface area contributed by atoms with Gasteiger partial charge in [-0.05, 0) is 114 Å². The Kier molecular flexibility index (Phi) is 7.74. The van der Waals surface area contributed by atoms with Crippen molar-refractivity contribution in [3.05, 3.63) is 228 Å². The third kappa shape index (κ3) is 5.28. The van der Waals surface area contributed by atoms with E-state index < -0.39 is 0 Å². The van der Waals surface area contributed by atoms with Gasteiger partial charge in [0, 0.05) is 27.5 Å². The van der Waals surface area contributed by atoms with Crippen LogP contribution in [-0.4, -0.2) is 9.97 Å². The molecule has 1 unspecified atom stereocenters. The van der Waals surface area contributed by atoms with Gasteiger partial charge in [-0.25, -0.2) is 9.97 Å². The third-order valence-electron chi connectivity index (χ3n) is 13.8. The van der Waals surface area contributed by atoms with Crippen molar-refractivity contribution in [3.63, 3.8) is 0 Å². The largest absolute Gasteiger partial charge is 0.228 e. The normalized spacial score (nSPS) is 15.7. The maximum Gasteiger partial charge on any atom is 0.161 e. The number of nitrogens with zero attached hydrogens (tertiary/aromatic N) is 2. The number of rotatable bonds is 5. The number of hydrogen-bond acceptors (Lipinski definition) is 2. The first-order chi connectivity index (χ1) is 29.9. The van der Waals surface area contributed by atoms with Crippen molar-refractivity contribution in [3.8, 4) is 67.3 Å². The van der Waals surface area contributed by atoms with Crippen molar-refractivity contribution in [1.82, 2.24) is 9.97 Å². The number of fused-ring (bicyclic) bond motifs is 9. The number of aromatic nitrogens is 2. The second-order valence-electron chi connectivity index (χ2n) is 17.4. The molecule has 0 saturated heterocycles. The molecule has 10 aromatic rings. The standard InChI is InChI=1S/C59H42N2/c1-58(2)52-34-39(27-29-48(52)49-31-26-37-16-10-11-21-43(37)56(49)58)42-32-33-50(45-23-13-12-22-44(42)45)57-60-54(38-17-6-4-7-18-38)36-55(61-57)40-28-30-47-46-24-14-15-25-51(46)59(3,53(47)35-40)41-19-8-5-9-20-41/h4-36H,1-3H3. The number of benzene rings is 9. The molecule has 0 bridgehead atoms. The molecule has 0 aliphatic heterocycles. The molecule has 2 aliphatic rings. The van der Waals surface area contributed by atoms with Gasteiger partial charge in [0.25, 0.3) is 0 Å². The fourth-order valence-corrected chi connectivity index (χ4v) is 10.7. The van der Waals surface area contributed by atoms with Crippen LogP contribution >= 0.6 is 0 Å². The topological polar surface area (TPSA) is 25.8 Å². The summed E-state index contributed by atoms with van der Waals surface area (Å²) in [4.78, 5) is 10.8. The first kappa shape index (κ1) is 35.5. The van der Waals surface area contributed by atoms with Gasteiger partial charge in [-0.1, -0.05) is 190 Å². The van der Waals surface area contributed by atoms with Crippen LogP contribution in [0.1, 0.15) is 48.6 Å². The van der Waals surface area contributed by atoms with Crippen molar-refractivity contribution < 1.29 is 0 Å². The minimum Gasteiger partial charge on any atom is -0.228 e. The number of hydrogen-bond donors (Lipinski definition) is 0. The molecule has 1 atom stereocenters. The van der Waals surface area contributed by atoms with Crippen LogP contribution in [0.2, 0.25) is 0 Å². The lowest BCUT2D eigenvalue weighted by Crippen LogP contribution is -2.22. The summed E-state index contributed by atoms with van der Waals surface area (Å²) in [5, 5.41) is 4.94. The third-order valence-corrected chi connectivity index (χ3v) is 13.8. The van der Waals surface area contributed by atoms with Crippen LogP contribution in [0.5, 0.6) is 0 Å². The summed E-state index contributed by atoms with van der Waals surface area (Å²) in [6.45, 7) is 7.13. The Morgan fingerprint density at radius 3 is 1.67 bits per heavy atom. The zero-order valence-electron chi connectivity index (χ0n) is 34.4. The minimum atomic E-state index is -0.309. The van der Waals surface area contributed by atoms with Crippen LogP contribution in [0.3, 0.4) is 0 Å². The van der Waals surface area contributed by atoms with Crippen LogP contribution < -0.4 is 0 Å². The lowest BCUT2D eigenvalue weighted by atomic mass is 9.74. The summed E-state index contributed by atoms with van der Waals surface area (Å²) < 4.78 is 0. The Bertz CT molecular complexity index is 3400. The van der Waals surface area contributed by atoms with E-state index in [2.05, 4.69) is 221 Å². The molecule has 0 spiro atoms. The SMILES string of the molecule is CC1(C)c2cc(-c3ccc(-c4nc(-c5ccccc5)cc(-c5ccc6c(c5)C(C)(c5ccccc5)c5ccccc5-6)n4)c4ccccc34)ccc2-c2ccc3ccccc3c21. The van der Waals surface area contributed by atoms with E-state index in [4.69, 9.17) is 9.97 Å². The molecule has 288 valence electrons. The zero-order valence-corrected chi connectivity index (χ0v) is 34.4. The van der Waals surface area contributed by atoms with Crippen molar-refractivity contribution in [2.75, 3.05) is 0 Å². The molecule has 1 aromatic heterocycles. The fraction of sp³-hybridized carbons (Fsp3) is 0.0847. The summed E-state index contributed by atoms with van der Waals surface area (Å²) >= 11 is 0. The molecule has 2 heteroatoms. The Balaban J connectivity index is 1.01. The highest BCUT2D eigenvalue weighted by atomic mass is 14.9. The molecule has 9 aromatic carbocycles. The molecule has 12 rings (SSSR count). The quantitative estimate of drug-likeness (QED) is 0.174. The molecular formula is C59H42N2. The van der Waals surface area contributed by atoms with E-state index in [1.807, 2.05) is 0 Å². The molecule has 1 heterocycles. The van der Waals surface area contributed by atoms with Gasteiger partial charge in [0.2, 0.25) is 0 Å². The van der Waals surface area contributed by atoms with Crippen LogP contribution in [0, 0.1) is 0 Å². The van der Waals surface area contributed by atoms with Gasteiger partial charge < -0.3 is 0 Å². The molecule has 0 fully saturated rings. The molecule has 2 aliphatic carbocycles. The lowest BCUT2D eigenvalue weighted by Gasteiger charge is -2.28. The van der Waals surface area contributed by atoms with E-state index in [-0.39, 0.29) is 10.8 Å². The van der Waals surface area contributed by atoms with Gasteiger partial charge in [-0.2, -0.15) is 0 Å². The average Bonchev–Trinajstić information content (AvgIpc) is 3.72. The predicted octanol–water partition coefficient (Wildman–Crippen LogP) is 15.1. The fourth-order valence-electron chi connectivity index (χ4n) is 10.7. The highest BCUT2D eigenvalue weighted by Gasteiger charge is 2.41. The van der Waals surface area contributed by atoms with Crippen molar-refractivity contribution in [1.29, 1.82) is 0 Å². The van der Waals surface area contributed by atoms with Gasteiger partial charge in [0.15, 0.2) is 5.82 Å². The molecule has 0 N–H and O–H groups in total. The summed E-state index contributed by atoms with van der Waals surface area (Å²) in [5.74, 6) is 0.714. The van der Waals surface area contributed by atoms with Crippen LogP contribution in [0.4, 0.5) is 0 Å². The molecule has 0 saturated carbocycles. The van der Waals surface area contributed by atoms with Gasteiger partial charge in [0.05, 0.1) is 11.4 Å². The minimum absolute atomic E-state index is 0.141. The first-order valence-electron chi connectivity index (χ1n) is 21.3. The first-order valence-corrected chi connectivity index (χ1v) is 21.3. The Hall–Kier alpha value is -7.42. The van der Waals surface area contributed by atoms with Gasteiger partial charge in [-0.3, -0.25) is 0 Å². The van der Waals surface area contributed by atoms with E-state index in [1.54, 1.807) is 0 Å². The Morgan fingerprint density at radius 1 is 0.344 bits per heavy atom. The highest BCUT2D eigenvalue weighted by Crippen LogP contribution is 2.54. The Labute approximate surface area is 356 Å². The zero-order chi connectivity index (χ0) is 40.9. The van der Waals surface area contributed by atoms with Crippen LogP contribution in [0.15, 0.2) is 200 Å². The summed E-state index contributed by atoms with van der Waals surface area (Å²) in [7, 11) is 0. The second kappa shape index (κ2) is 13.3. The maximum atomic E-state index is 5.45. The highest BCUT2D eigenvalue weighted by molar-refractivity contribution is 6.05. The molecule has 2 nitrogen and oxygen atoms in total. The lowest BCUT2D eigenvalue weighted by molar-refractivity contribution is 0.666. The van der Waals surface area contributed by atoms with Gasteiger partial charge in [-0.15, -0.1) is 0 Å². The van der Waals surface area contributed by atoms with Crippen LogP contribution in [0.25, 0.3) is 88.8 Å². The van der Waals surface area contributed by atoms with Crippen molar-refractivity contribution in [2.45, 2.75) is 31.6 Å². The van der Waals surface area contributed by atoms with E-state index in [9.17, 15) is 0 Å². The Morgan fingerprint density at radius 2 is 0.885 bits per heavy atom. The van der Waals surface area contributed by atoms with E-state index in [0.717, 1.165) is 33.5 Å². The molecule has 0 amide bonds. The van der Waals surface area contributed by atoms with Crippen molar-refractivity contribution >= 4 is 21.5 Å². The van der Waals surface area contributed by atoms with Crippen LogP contribution in [-0.2, 0) is 10.8 Å². The summed E-state index contributed by atoms with van der Waals surface area (Å²) in [6.07, 6.45) is 0.